The van der Waals surface area contributed by atoms with Crippen molar-refractivity contribution in [1.29, 1.82) is 0 Å². The zero-order valence-corrected chi connectivity index (χ0v) is 9.39. The van der Waals surface area contributed by atoms with Crippen LogP contribution in [0, 0.1) is 0 Å². The van der Waals surface area contributed by atoms with Crippen molar-refractivity contribution in [2.24, 2.45) is 7.05 Å². The first-order valence-corrected chi connectivity index (χ1v) is 4.63. The van der Waals surface area contributed by atoms with Crippen molar-refractivity contribution in [2.75, 3.05) is 14.2 Å². The summed E-state index contributed by atoms with van der Waals surface area (Å²) in [7, 11) is 4.26. The number of esters is 1. The molecule has 0 radical (unpaired) electrons. The summed E-state index contributed by atoms with van der Waals surface area (Å²) < 4.78 is 10.8. The number of carbonyl (C=O) groups is 2. The Bertz CT molecular complexity index is 386. The van der Waals surface area contributed by atoms with Crippen LogP contribution in [-0.2, 0) is 21.3 Å². The molecule has 0 spiro atoms. The third-order valence-electron chi connectivity index (χ3n) is 2.16. The molecule has 6 heteroatoms. The standard InChI is InChI=1S/C10H14N2O4/c1-12-6-4-5-7(12)8(9(13)15-2)11-10(14)16-3/h4-6,8H,1-3H3,(H,11,14)/t8-/m0/s1. The number of hydrogen-bond donors (Lipinski definition) is 1. The van der Waals surface area contributed by atoms with E-state index in [0.717, 1.165) is 0 Å². The second-order valence-corrected chi connectivity index (χ2v) is 3.14. The van der Waals surface area contributed by atoms with E-state index in [1.54, 1.807) is 29.9 Å². The molecule has 0 aromatic carbocycles. The van der Waals surface area contributed by atoms with Crippen molar-refractivity contribution in [3.63, 3.8) is 0 Å². The number of nitrogens with one attached hydrogen (secondary N) is 1. The number of carbonyl (C=O) groups excluding carboxylic acids is 2. The second kappa shape index (κ2) is 5.20. The summed E-state index contributed by atoms with van der Waals surface area (Å²) in [5, 5.41) is 2.40. The van der Waals surface area contributed by atoms with E-state index in [9.17, 15) is 9.59 Å². The van der Waals surface area contributed by atoms with Gasteiger partial charge < -0.3 is 19.4 Å². The average Bonchev–Trinajstić information content (AvgIpc) is 2.70. The topological polar surface area (TPSA) is 69.6 Å². The molecule has 0 aliphatic rings. The summed E-state index contributed by atoms with van der Waals surface area (Å²) in [6.07, 6.45) is 1.08. The third kappa shape index (κ3) is 2.53. The highest BCUT2D eigenvalue weighted by Gasteiger charge is 2.25. The Morgan fingerprint density at radius 1 is 1.38 bits per heavy atom. The number of ether oxygens (including phenoxy) is 2. The molecule has 1 heterocycles. The Morgan fingerprint density at radius 2 is 2.06 bits per heavy atom. The number of nitrogens with zero attached hydrogens (tertiary/aromatic N) is 1. The first kappa shape index (κ1) is 12.1. The number of alkyl carbamates (subject to hydrolysis) is 1. The highest BCUT2D eigenvalue weighted by atomic mass is 16.5. The molecule has 1 amide bonds. The summed E-state index contributed by atoms with van der Waals surface area (Å²) in [6, 6.07) is 2.62. The summed E-state index contributed by atoms with van der Waals surface area (Å²) in [4.78, 5) is 22.6. The molecule has 1 rings (SSSR count). The van der Waals surface area contributed by atoms with Crippen LogP contribution >= 0.6 is 0 Å². The average molecular weight is 226 g/mol. The molecule has 0 aliphatic heterocycles. The van der Waals surface area contributed by atoms with E-state index in [0.29, 0.717) is 5.69 Å². The summed E-state index contributed by atoms with van der Waals surface area (Å²) in [5.74, 6) is -0.549. The summed E-state index contributed by atoms with van der Waals surface area (Å²) in [6.45, 7) is 0. The molecule has 1 aromatic heterocycles. The smallest absolute Gasteiger partial charge is 0.407 e. The maximum atomic E-state index is 11.5. The van der Waals surface area contributed by atoms with Crippen molar-refractivity contribution in [2.45, 2.75) is 6.04 Å². The van der Waals surface area contributed by atoms with Crippen LogP contribution in [0.4, 0.5) is 4.79 Å². The molecular formula is C10H14N2O4. The molecule has 1 aromatic rings. The SMILES string of the molecule is COC(=O)N[C@H](C(=O)OC)c1cccn1C. The number of aromatic nitrogens is 1. The van der Waals surface area contributed by atoms with Gasteiger partial charge in [-0.25, -0.2) is 9.59 Å². The van der Waals surface area contributed by atoms with Crippen LogP contribution in [0.2, 0.25) is 0 Å². The molecular weight excluding hydrogens is 212 g/mol. The molecule has 6 nitrogen and oxygen atoms in total. The lowest BCUT2D eigenvalue weighted by Crippen LogP contribution is -2.35. The van der Waals surface area contributed by atoms with Crippen LogP contribution in [-0.4, -0.2) is 30.8 Å². The van der Waals surface area contributed by atoms with E-state index >= 15 is 0 Å². The predicted molar refractivity (Wildman–Crippen MR) is 55.7 cm³/mol. The number of rotatable bonds is 3. The molecule has 0 aliphatic carbocycles. The number of amides is 1. The number of methoxy groups -OCH3 is 2. The van der Waals surface area contributed by atoms with Crippen molar-refractivity contribution < 1.29 is 19.1 Å². The number of hydrogen-bond acceptors (Lipinski definition) is 4. The van der Waals surface area contributed by atoms with Crippen molar-refractivity contribution >= 4 is 12.1 Å². The second-order valence-electron chi connectivity index (χ2n) is 3.14. The molecule has 0 saturated carbocycles. The molecule has 0 unspecified atom stereocenters. The Kier molecular flexibility index (Phi) is 3.93. The van der Waals surface area contributed by atoms with Crippen LogP contribution in [0.15, 0.2) is 18.3 Å². The van der Waals surface area contributed by atoms with Gasteiger partial charge in [-0.1, -0.05) is 0 Å². The van der Waals surface area contributed by atoms with E-state index in [4.69, 9.17) is 0 Å². The van der Waals surface area contributed by atoms with Gasteiger partial charge in [0.25, 0.3) is 0 Å². The zero-order valence-electron chi connectivity index (χ0n) is 9.39. The zero-order chi connectivity index (χ0) is 12.1. The van der Waals surface area contributed by atoms with Crippen molar-refractivity contribution in [3.8, 4) is 0 Å². The van der Waals surface area contributed by atoms with E-state index in [1.807, 2.05) is 0 Å². The van der Waals surface area contributed by atoms with Crippen LogP contribution in [0.3, 0.4) is 0 Å². The highest BCUT2D eigenvalue weighted by molar-refractivity contribution is 5.82. The fraction of sp³-hybridized carbons (Fsp3) is 0.400. The molecule has 1 N–H and O–H groups in total. The maximum Gasteiger partial charge on any atom is 0.407 e. The quantitative estimate of drug-likeness (QED) is 0.766. The highest BCUT2D eigenvalue weighted by Crippen LogP contribution is 2.14. The molecule has 0 bridgehead atoms. The van der Waals surface area contributed by atoms with Crippen LogP contribution in [0.5, 0.6) is 0 Å². The van der Waals surface area contributed by atoms with E-state index < -0.39 is 18.1 Å². The fourth-order valence-corrected chi connectivity index (χ4v) is 1.32. The lowest BCUT2D eigenvalue weighted by atomic mass is 10.2. The Morgan fingerprint density at radius 3 is 2.50 bits per heavy atom. The van der Waals surface area contributed by atoms with Crippen molar-refractivity contribution in [1.82, 2.24) is 9.88 Å². The Balaban J connectivity index is 2.92. The first-order valence-electron chi connectivity index (χ1n) is 4.63. The maximum absolute atomic E-state index is 11.5. The van der Waals surface area contributed by atoms with Gasteiger partial charge in [0.1, 0.15) is 0 Å². The Hall–Kier alpha value is -1.98. The minimum absolute atomic E-state index is 0.549. The van der Waals surface area contributed by atoms with Gasteiger partial charge >= 0.3 is 12.1 Å². The van der Waals surface area contributed by atoms with Crippen LogP contribution < -0.4 is 5.32 Å². The van der Waals surface area contributed by atoms with Gasteiger partial charge in [-0.05, 0) is 12.1 Å². The van der Waals surface area contributed by atoms with Gasteiger partial charge in [-0.2, -0.15) is 0 Å². The van der Waals surface area contributed by atoms with E-state index in [-0.39, 0.29) is 0 Å². The first-order chi connectivity index (χ1) is 7.60. The normalized spacial score (nSPS) is 11.7. The van der Waals surface area contributed by atoms with Crippen molar-refractivity contribution in [3.05, 3.63) is 24.0 Å². The molecule has 0 saturated heterocycles. The largest absolute Gasteiger partial charge is 0.467 e. The molecule has 16 heavy (non-hydrogen) atoms. The third-order valence-corrected chi connectivity index (χ3v) is 2.16. The van der Waals surface area contributed by atoms with Gasteiger partial charge in [0, 0.05) is 13.2 Å². The predicted octanol–water partition coefficient (Wildman–Crippen LogP) is 0.595. The van der Waals surface area contributed by atoms with Gasteiger partial charge in [0.2, 0.25) is 0 Å². The van der Waals surface area contributed by atoms with Gasteiger partial charge in [-0.15, -0.1) is 0 Å². The molecule has 1 atom stereocenters. The molecule has 88 valence electrons. The number of aryl methyl sites for hydroxylation is 1. The van der Waals surface area contributed by atoms with E-state index in [2.05, 4.69) is 14.8 Å². The van der Waals surface area contributed by atoms with E-state index in [1.165, 1.54) is 14.2 Å². The van der Waals surface area contributed by atoms with Gasteiger partial charge in [0.05, 0.1) is 19.9 Å². The van der Waals surface area contributed by atoms with Crippen LogP contribution in [0.1, 0.15) is 11.7 Å². The lowest BCUT2D eigenvalue weighted by Gasteiger charge is -2.16. The summed E-state index contributed by atoms with van der Waals surface area (Å²) >= 11 is 0. The molecule has 0 fully saturated rings. The summed E-state index contributed by atoms with van der Waals surface area (Å²) in [5.41, 5.74) is 0.622. The Labute approximate surface area is 93.1 Å². The minimum atomic E-state index is -0.863. The van der Waals surface area contributed by atoms with Crippen LogP contribution in [0.25, 0.3) is 0 Å². The monoisotopic (exact) mass is 226 g/mol. The fourth-order valence-electron chi connectivity index (χ4n) is 1.32. The minimum Gasteiger partial charge on any atom is -0.467 e. The lowest BCUT2D eigenvalue weighted by molar-refractivity contribution is -0.143. The van der Waals surface area contributed by atoms with Gasteiger partial charge in [0.15, 0.2) is 6.04 Å². The van der Waals surface area contributed by atoms with Gasteiger partial charge in [-0.3, -0.25) is 0 Å².